The molecule has 4 heteroatoms. The maximum absolute atomic E-state index is 5.26. The molecule has 0 radical (unpaired) electrons. The summed E-state index contributed by atoms with van der Waals surface area (Å²) in [6.07, 6.45) is 2.67. The van der Waals surface area contributed by atoms with Crippen LogP contribution in [0.3, 0.4) is 0 Å². The van der Waals surface area contributed by atoms with Crippen molar-refractivity contribution < 1.29 is 4.74 Å². The second-order valence-electron chi connectivity index (χ2n) is 5.26. The molecule has 0 aliphatic carbocycles. The highest BCUT2D eigenvalue weighted by atomic mass is 35.5. The normalized spacial score (nSPS) is 19.0. The first-order valence-electron chi connectivity index (χ1n) is 6.80. The van der Waals surface area contributed by atoms with Crippen LogP contribution in [-0.4, -0.2) is 38.7 Å². The second-order valence-corrected chi connectivity index (χ2v) is 5.26. The largest absolute Gasteiger partial charge is 0.497 e. The predicted octanol–water partition coefficient (Wildman–Crippen LogP) is 2.55. The molecular formula is C15H25ClN2O. The van der Waals surface area contributed by atoms with E-state index in [4.69, 9.17) is 4.74 Å². The van der Waals surface area contributed by atoms with Gasteiger partial charge in [-0.25, -0.2) is 0 Å². The first-order valence-corrected chi connectivity index (χ1v) is 6.80. The van der Waals surface area contributed by atoms with Crippen molar-refractivity contribution >= 4 is 12.4 Å². The summed E-state index contributed by atoms with van der Waals surface area (Å²) >= 11 is 0. The van der Waals surface area contributed by atoms with Crippen LogP contribution in [-0.2, 0) is 6.54 Å². The van der Waals surface area contributed by atoms with Crippen LogP contribution in [0.5, 0.6) is 5.75 Å². The van der Waals surface area contributed by atoms with Gasteiger partial charge in [0.05, 0.1) is 7.11 Å². The van der Waals surface area contributed by atoms with Crippen LogP contribution in [0.1, 0.15) is 18.4 Å². The monoisotopic (exact) mass is 284 g/mol. The van der Waals surface area contributed by atoms with E-state index in [1.54, 1.807) is 7.11 Å². The van der Waals surface area contributed by atoms with Crippen molar-refractivity contribution in [1.82, 2.24) is 10.2 Å². The number of nitrogens with one attached hydrogen (secondary N) is 1. The van der Waals surface area contributed by atoms with Gasteiger partial charge in [0.1, 0.15) is 5.75 Å². The average molecular weight is 285 g/mol. The molecule has 1 aliphatic rings. The van der Waals surface area contributed by atoms with Crippen molar-refractivity contribution in [3.8, 4) is 5.75 Å². The fourth-order valence-electron chi connectivity index (χ4n) is 2.67. The predicted molar refractivity (Wildman–Crippen MR) is 82.2 cm³/mol. The van der Waals surface area contributed by atoms with Gasteiger partial charge in [-0.1, -0.05) is 12.1 Å². The molecule has 0 aromatic heterocycles. The van der Waals surface area contributed by atoms with Gasteiger partial charge in [0, 0.05) is 13.1 Å². The molecule has 19 heavy (non-hydrogen) atoms. The molecule has 0 spiro atoms. The van der Waals surface area contributed by atoms with Gasteiger partial charge in [0.15, 0.2) is 0 Å². The number of rotatable bonds is 5. The standard InChI is InChI=1S/C15H24N2O.ClH/c1-17(12-14-6-4-8-16-10-14)11-13-5-3-7-15(9-13)18-2;/h3,5,7,9,14,16H,4,6,8,10-12H2,1-2H3;1H. The summed E-state index contributed by atoms with van der Waals surface area (Å²) in [5.41, 5.74) is 1.32. The van der Waals surface area contributed by atoms with E-state index in [9.17, 15) is 0 Å². The van der Waals surface area contributed by atoms with Crippen molar-refractivity contribution in [3.05, 3.63) is 29.8 Å². The highest BCUT2D eigenvalue weighted by molar-refractivity contribution is 5.85. The number of piperidine rings is 1. The van der Waals surface area contributed by atoms with Crippen LogP contribution in [0, 0.1) is 5.92 Å². The van der Waals surface area contributed by atoms with E-state index in [1.165, 1.54) is 38.0 Å². The fraction of sp³-hybridized carbons (Fsp3) is 0.600. The summed E-state index contributed by atoms with van der Waals surface area (Å²) in [5.74, 6) is 1.74. The summed E-state index contributed by atoms with van der Waals surface area (Å²) in [6.45, 7) is 4.52. The molecule has 1 N–H and O–H groups in total. The minimum Gasteiger partial charge on any atom is -0.497 e. The summed E-state index contributed by atoms with van der Waals surface area (Å²) in [5, 5.41) is 3.48. The third kappa shape index (κ3) is 5.39. The van der Waals surface area contributed by atoms with Gasteiger partial charge in [-0.15, -0.1) is 12.4 Å². The summed E-state index contributed by atoms with van der Waals surface area (Å²) < 4.78 is 5.26. The molecule has 1 fully saturated rings. The van der Waals surface area contributed by atoms with Crippen LogP contribution < -0.4 is 10.1 Å². The summed E-state index contributed by atoms with van der Waals surface area (Å²) in [7, 11) is 3.92. The molecule has 0 amide bonds. The lowest BCUT2D eigenvalue weighted by molar-refractivity contribution is 0.237. The third-order valence-electron chi connectivity index (χ3n) is 3.56. The summed E-state index contributed by atoms with van der Waals surface area (Å²) in [6, 6.07) is 8.34. The molecule has 1 heterocycles. The first kappa shape index (κ1) is 16.3. The minimum absolute atomic E-state index is 0. The zero-order valence-electron chi connectivity index (χ0n) is 11.9. The van der Waals surface area contributed by atoms with Gasteiger partial charge in [-0.2, -0.15) is 0 Å². The highest BCUT2D eigenvalue weighted by Crippen LogP contribution is 2.16. The Morgan fingerprint density at radius 2 is 2.26 bits per heavy atom. The fourth-order valence-corrected chi connectivity index (χ4v) is 2.67. The van der Waals surface area contributed by atoms with E-state index in [1.807, 2.05) is 6.07 Å². The van der Waals surface area contributed by atoms with Crippen LogP contribution in [0.4, 0.5) is 0 Å². The highest BCUT2D eigenvalue weighted by Gasteiger charge is 2.14. The number of ether oxygens (including phenoxy) is 1. The lowest BCUT2D eigenvalue weighted by Crippen LogP contribution is -2.36. The molecule has 1 aromatic rings. The van der Waals surface area contributed by atoms with Crippen molar-refractivity contribution in [2.75, 3.05) is 33.8 Å². The van der Waals surface area contributed by atoms with Gasteiger partial charge in [0.2, 0.25) is 0 Å². The smallest absolute Gasteiger partial charge is 0.119 e. The molecule has 108 valence electrons. The Labute approximate surface area is 122 Å². The maximum Gasteiger partial charge on any atom is 0.119 e. The molecule has 1 unspecified atom stereocenters. The molecule has 2 rings (SSSR count). The van der Waals surface area contributed by atoms with E-state index in [0.717, 1.165) is 18.2 Å². The number of halogens is 1. The zero-order valence-corrected chi connectivity index (χ0v) is 12.7. The molecule has 1 atom stereocenters. The number of benzene rings is 1. The van der Waals surface area contributed by atoms with Gasteiger partial charge < -0.3 is 15.0 Å². The van der Waals surface area contributed by atoms with Crippen LogP contribution >= 0.6 is 12.4 Å². The molecule has 1 saturated heterocycles. The molecule has 1 aromatic carbocycles. The molecule has 3 nitrogen and oxygen atoms in total. The average Bonchev–Trinajstić information content (AvgIpc) is 2.40. The zero-order chi connectivity index (χ0) is 12.8. The Balaban J connectivity index is 0.00000180. The van der Waals surface area contributed by atoms with Gasteiger partial charge >= 0.3 is 0 Å². The number of hydrogen-bond acceptors (Lipinski definition) is 3. The molecular weight excluding hydrogens is 260 g/mol. The quantitative estimate of drug-likeness (QED) is 0.899. The number of nitrogens with zero attached hydrogens (tertiary/aromatic N) is 1. The second kappa shape index (κ2) is 8.41. The van der Waals surface area contributed by atoms with E-state index >= 15 is 0 Å². The Kier molecular flexibility index (Phi) is 7.21. The van der Waals surface area contributed by atoms with E-state index in [2.05, 4.69) is 35.5 Å². The molecule has 0 bridgehead atoms. The van der Waals surface area contributed by atoms with Gasteiger partial charge in [-0.3, -0.25) is 0 Å². The van der Waals surface area contributed by atoms with Crippen LogP contribution in [0.15, 0.2) is 24.3 Å². The minimum atomic E-state index is 0. The van der Waals surface area contributed by atoms with Crippen molar-refractivity contribution in [2.45, 2.75) is 19.4 Å². The Morgan fingerprint density at radius 1 is 1.42 bits per heavy atom. The topological polar surface area (TPSA) is 24.5 Å². The van der Waals surface area contributed by atoms with Gasteiger partial charge in [0.25, 0.3) is 0 Å². The number of hydrogen-bond donors (Lipinski definition) is 1. The Hall–Kier alpha value is -0.770. The lowest BCUT2D eigenvalue weighted by atomic mass is 9.99. The van der Waals surface area contributed by atoms with E-state index in [0.29, 0.717) is 0 Å². The summed E-state index contributed by atoms with van der Waals surface area (Å²) in [4.78, 5) is 2.41. The third-order valence-corrected chi connectivity index (χ3v) is 3.56. The molecule has 1 aliphatic heterocycles. The van der Waals surface area contributed by atoms with E-state index in [-0.39, 0.29) is 12.4 Å². The van der Waals surface area contributed by atoms with E-state index < -0.39 is 0 Å². The van der Waals surface area contributed by atoms with Crippen LogP contribution in [0.2, 0.25) is 0 Å². The van der Waals surface area contributed by atoms with Crippen molar-refractivity contribution in [2.24, 2.45) is 5.92 Å². The number of methoxy groups -OCH3 is 1. The molecule has 0 saturated carbocycles. The van der Waals surface area contributed by atoms with Crippen molar-refractivity contribution in [3.63, 3.8) is 0 Å². The Bertz CT molecular complexity index is 367. The maximum atomic E-state index is 5.26. The van der Waals surface area contributed by atoms with Crippen LogP contribution in [0.25, 0.3) is 0 Å². The van der Waals surface area contributed by atoms with Gasteiger partial charge in [-0.05, 0) is 56.6 Å². The SMILES string of the molecule is COc1cccc(CN(C)CC2CCCNC2)c1.Cl. The first-order chi connectivity index (χ1) is 8.78. The van der Waals surface area contributed by atoms with Crippen molar-refractivity contribution in [1.29, 1.82) is 0 Å². The lowest BCUT2D eigenvalue weighted by Gasteiger charge is -2.27. The Morgan fingerprint density at radius 3 is 2.95 bits per heavy atom.